The Bertz CT molecular complexity index is 687. The van der Waals surface area contributed by atoms with Crippen LogP contribution in [0, 0.1) is 6.92 Å². The minimum atomic E-state index is 0. The highest BCUT2D eigenvalue weighted by Gasteiger charge is 2.21. The molecule has 0 spiro atoms. The second kappa shape index (κ2) is 17.6. The van der Waals surface area contributed by atoms with Gasteiger partial charge in [0, 0.05) is 37.9 Å². The van der Waals surface area contributed by atoms with E-state index in [4.69, 9.17) is 0 Å². The summed E-state index contributed by atoms with van der Waals surface area (Å²) in [6, 6.07) is 10.8. The summed E-state index contributed by atoms with van der Waals surface area (Å²) < 4.78 is 0. The van der Waals surface area contributed by atoms with Crippen molar-refractivity contribution in [3.05, 3.63) is 66.5 Å². The van der Waals surface area contributed by atoms with E-state index < -0.39 is 0 Å². The van der Waals surface area contributed by atoms with E-state index in [0.29, 0.717) is 6.17 Å². The monoisotopic (exact) mass is 460 g/mol. The lowest BCUT2D eigenvalue weighted by Gasteiger charge is -2.30. The minimum absolute atomic E-state index is 0. The first-order valence-electron chi connectivity index (χ1n) is 12.4. The minimum Gasteiger partial charge on any atom is -0.356 e. The van der Waals surface area contributed by atoms with Crippen molar-refractivity contribution in [1.82, 2.24) is 19.8 Å². The summed E-state index contributed by atoms with van der Waals surface area (Å²) in [5.41, 5.74) is 1.39. The molecule has 1 atom stereocenters. The number of aryl methyl sites for hydroxylation is 1. The summed E-state index contributed by atoms with van der Waals surface area (Å²) in [6.45, 7) is 8.73. The number of nitrogens with zero attached hydrogens (tertiary/aromatic N) is 3. The molecule has 0 amide bonds. The van der Waals surface area contributed by atoms with Gasteiger partial charge in [-0.05, 0) is 25.8 Å². The molecule has 0 saturated heterocycles. The number of halogens is 1. The van der Waals surface area contributed by atoms with E-state index in [9.17, 15) is 0 Å². The van der Waals surface area contributed by atoms with Gasteiger partial charge in [-0.2, -0.15) is 0 Å². The van der Waals surface area contributed by atoms with Gasteiger partial charge >= 0.3 is 0 Å². The molecule has 0 bridgehead atoms. The van der Waals surface area contributed by atoms with Gasteiger partial charge in [0.1, 0.15) is 5.82 Å². The molecule has 0 fully saturated rings. The fourth-order valence-corrected chi connectivity index (χ4v) is 3.98. The zero-order chi connectivity index (χ0) is 22.2. The van der Waals surface area contributed by atoms with Crippen molar-refractivity contribution >= 4 is 12.4 Å². The zero-order valence-corrected chi connectivity index (χ0v) is 21.3. The molecular weight excluding hydrogens is 416 g/mol. The molecule has 2 heterocycles. The molecule has 0 radical (unpaired) electrons. The van der Waals surface area contributed by atoms with Gasteiger partial charge in [-0.15, -0.1) is 12.4 Å². The van der Waals surface area contributed by atoms with Gasteiger partial charge in [0.2, 0.25) is 0 Å². The average Bonchev–Trinajstić information content (AvgIpc) is 3.40. The number of unbranched alkanes of at least 4 members (excludes halogenated alkanes) is 9. The van der Waals surface area contributed by atoms with Gasteiger partial charge in [-0.1, -0.05) is 95.0 Å². The second-order valence-electron chi connectivity index (χ2n) is 8.68. The van der Waals surface area contributed by atoms with Gasteiger partial charge in [0.25, 0.3) is 0 Å². The summed E-state index contributed by atoms with van der Waals surface area (Å²) in [7, 11) is 0. The van der Waals surface area contributed by atoms with Crippen LogP contribution in [0.3, 0.4) is 0 Å². The van der Waals surface area contributed by atoms with Crippen molar-refractivity contribution in [2.45, 2.75) is 97.7 Å². The highest BCUT2D eigenvalue weighted by atomic mass is 35.5. The normalized spacial score (nSPS) is 14.8. The lowest BCUT2D eigenvalue weighted by molar-refractivity contribution is 0.162. The van der Waals surface area contributed by atoms with Crippen molar-refractivity contribution in [1.29, 1.82) is 0 Å². The first-order valence-corrected chi connectivity index (χ1v) is 12.4. The molecule has 0 saturated carbocycles. The first kappa shape index (κ1) is 28.1. The molecule has 1 N–H and O–H groups in total. The van der Waals surface area contributed by atoms with Crippen LogP contribution in [-0.4, -0.2) is 32.5 Å². The Balaban J connectivity index is 0.000000631. The highest BCUT2D eigenvalue weighted by Crippen LogP contribution is 2.19. The molecule has 5 heteroatoms. The van der Waals surface area contributed by atoms with Crippen molar-refractivity contribution in [3.63, 3.8) is 0 Å². The zero-order valence-electron chi connectivity index (χ0n) is 20.5. The van der Waals surface area contributed by atoms with Crippen LogP contribution in [0.4, 0.5) is 0 Å². The Labute approximate surface area is 202 Å². The highest BCUT2D eigenvalue weighted by molar-refractivity contribution is 5.85. The molecule has 1 aromatic carbocycles. The maximum absolute atomic E-state index is 3.86. The number of H-pyrrole nitrogens is 1. The van der Waals surface area contributed by atoms with Crippen LogP contribution >= 0.6 is 12.4 Å². The average molecular weight is 461 g/mol. The van der Waals surface area contributed by atoms with Gasteiger partial charge < -0.3 is 14.8 Å². The van der Waals surface area contributed by atoms with Crippen LogP contribution in [0.25, 0.3) is 0 Å². The Kier molecular flexibility index (Phi) is 15.4. The van der Waals surface area contributed by atoms with Crippen LogP contribution in [0.1, 0.15) is 89.4 Å². The van der Waals surface area contributed by atoms with Crippen molar-refractivity contribution in [2.24, 2.45) is 0 Å². The smallest absolute Gasteiger partial charge is 0.102 e. The quantitative estimate of drug-likeness (QED) is 0.311. The van der Waals surface area contributed by atoms with Crippen LogP contribution in [-0.2, 0) is 6.54 Å². The molecule has 0 aliphatic carbocycles. The Morgan fingerprint density at radius 1 is 0.844 bits per heavy atom. The van der Waals surface area contributed by atoms with Gasteiger partial charge in [0.05, 0.1) is 6.17 Å². The number of benzene rings is 1. The van der Waals surface area contributed by atoms with E-state index in [0.717, 1.165) is 12.4 Å². The second-order valence-corrected chi connectivity index (χ2v) is 8.68. The van der Waals surface area contributed by atoms with Crippen LogP contribution in [0.5, 0.6) is 0 Å². The summed E-state index contributed by atoms with van der Waals surface area (Å²) in [5, 5.41) is 0. The van der Waals surface area contributed by atoms with E-state index >= 15 is 0 Å². The topological polar surface area (TPSA) is 35.2 Å². The maximum Gasteiger partial charge on any atom is 0.102 e. The predicted molar refractivity (Wildman–Crippen MR) is 140 cm³/mol. The van der Waals surface area contributed by atoms with Crippen molar-refractivity contribution < 1.29 is 0 Å². The fourth-order valence-electron chi connectivity index (χ4n) is 3.98. The molecule has 2 aromatic rings. The summed E-state index contributed by atoms with van der Waals surface area (Å²) >= 11 is 0. The SMILES string of the molecule is CCCCCCCCCCCCN1C=CN(Cc2ccccc2)C1C.Cc1ncc[nH]1.Cl. The number of hydrogen-bond donors (Lipinski definition) is 1. The molecule has 3 rings (SSSR count). The number of imidazole rings is 1. The van der Waals surface area contributed by atoms with E-state index in [1.807, 2.05) is 6.92 Å². The molecule has 1 unspecified atom stereocenters. The van der Waals surface area contributed by atoms with Crippen LogP contribution in [0.2, 0.25) is 0 Å². The molecule has 32 heavy (non-hydrogen) atoms. The lowest BCUT2D eigenvalue weighted by atomic mass is 10.1. The van der Waals surface area contributed by atoms with E-state index in [1.165, 1.54) is 76.3 Å². The number of rotatable bonds is 13. The van der Waals surface area contributed by atoms with E-state index in [1.54, 1.807) is 12.4 Å². The number of nitrogens with one attached hydrogen (secondary N) is 1. The van der Waals surface area contributed by atoms with Gasteiger partial charge in [-0.3, -0.25) is 0 Å². The van der Waals surface area contributed by atoms with E-state index in [2.05, 4.69) is 76.3 Å². The fraction of sp³-hybridized carbons (Fsp3) is 0.593. The Morgan fingerprint density at radius 2 is 1.44 bits per heavy atom. The molecule has 1 aromatic heterocycles. The number of hydrogen-bond acceptors (Lipinski definition) is 3. The molecule has 4 nitrogen and oxygen atoms in total. The third kappa shape index (κ3) is 11.6. The lowest BCUT2D eigenvalue weighted by Crippen LogP contribution is -2.36. The molecular formula is C27H45ClN4. The Morgan fingerprint density at radius 3 is 1.97 bits per heavy atom. The molecule has 180 valence electrons. The van der Waals surface area contributed by atoms with Crippen LogP contribution < -0.4 is 0 Å². The van der Waals surface area contributed by atoms with Crippen LogP contribution in [0.15, 0.2) is 55.1 Å². The third-order valence-electron chi connectivity index (χ3n) is 6.02. The summed E-state index contributed by atoms with van der Waals surface area (Å²) in [4.78, 5) is 11.7. The number of aromatic amines is 1. The Hall–Kier alpha value is -1.94. The standard InChI is InChI=1S/C23H38N2.C4H6N2.ClH/c1-3-4-5-6-7-8-9-10-11-15-18-24-19-20-25(22(24)2)21-23-16-13-12-14-17-23;1-4-5-2-3-6-4;/h12-14,16-17,19-20,22H,3-11,15,18,21H2,1-2H3;2-3H,1H3,(H,5,6);1H. The third-order valence-corrected chi connectivity index (χ3v) is 6.02. The van der Waals surface area contributed by atoms with Crippen molar-refractivity contribution in [2.75, 3.05) is 6.54 Å². The first-order chi connectivity index (χ1) is 15.2. The predicted octanol–water partition coefficient (Wildman–Crippen LogP) is 7.68. The van der Waals surface area contributed by atoms with Gasteiger partial charge in [-0.25, -0.2) is 4.98 Å². The largest absolute Gasteiger partial charge is 0.356 e. The van der Waals surface area contributed by atoms with E-state index in [-0.39, 0.29) is 12.4 Å². The summed E-state index contributed by atoms with van der Waals surface area (Å²) in [6.07, 6.45) is 22.6. The summed E-state index contributed by atoms with van der Waals surface area (Å²) in [5.74, 6) is 0.968. The molecule has 1 aliphatic heterocycles. The molecule has 1 aliphatic rings. The van der Waals surface area contributed by atoms with Crippen molar-refractivity contribution in [3.8, 4) is 0 Å². The maximum atomic E-state index is 3.86. The van der Waals surface area contributed by atoms with Gasteiger partial charge in [0.15, 0.2) is 0 Å². The number of aromatic nitrogens is 2.